The number of hydrogen-bond acceptors (Lipinski definition) is 4. The number of benzene rings is 1. The van der Waals surface area contributed by atoms with Crippen LogP contribution in [0.5, 0.6) is 0 Å². The Morgan fingerprint density at radius 3 is 2.56 bits per heavy atom. The summed E-state index contributed by atoms with van der Waals surface area (Å²) in [4.78, 5) is 23.7. The van der Waals surface area contributed by atoms with Gasteiger partial charge < -0.3 is 10.0 Å². The first-order valence-corrected chi connectivity index (χ1v) is 5.57. The number of non-ortho nitro benzene ring substituents is 1. The Hall–Kier alpha value is -1.95. The first-order valence-electron chi connectivity index (χ1n) is 5.57. The molecule has 0 aliphatic carbocycles. The van der Waals surface area contributed by atoms with Crippen LogP contribution in [0.2, 0.25) is 0 Å². The maximum Gasteiger partial charge on any atom is 0.269 e. The van der Waals surface area contributed by atoms with E-state index in [0.29, 0.717) is 24.2 Å². The van der Waals surface area contributed by atoms with Crippen LogP contribution in [0.25, 0.3) is 0 Å². The molecule has 0 spiro atoms. The number of carbonyl (C=O) groups excluding carboxylic acids is 1. The van der Waals surface area contributed by atoms with Gasteiger partial charge in [-0.15, -0.1) is 0 Å². The number of nitro benzene ring substituents is 1. The average molecular weight is 250 g/mol. The molecule has 1 amide bonds. The van der Waals surface area contributed by atoms with Crippen molar-refractivity contribution >= 4 is 11.6 Å². The van der Waals surface area contributed by atoms with Gasteiger partial charge in [0.2, 0.25) is 0 Å². The summed E-state index contributed by atoms with van der Waals surface area (Å²) in [7, 11) is 0. The predicted molar refractivity (Wildman–Crippen MR) is 64.4 cm³/mol. The van der Waals surface area contributed by atoms with E-state index in [1.807, 2.05) is 0 Å². The average Bonchev–Trinajstić information content (AvgIpc) is 2.24. The fourth-order valence-corrected chi connectivity index (χ4v) is 2.09. The van der Waals surface area contributed by atoms with E-state index in [1.165, 1.54) is 23.1 Å². The van der Waals surface area contributed by atoms with E-state index in [0.717, 1.165) is 0 Å². The second-order valence-corrected chi connectivity index (χ2v) is 4.91. The molecule has 6 nitrogen and oxygen atoms in total. The summed E-state index contributed by atoms with van der Waals surface area (Å²) < 4.78 is 0. The molecule has 2 rings (SSSR count). The molecule has 1 aromatic rings. The summed E-state index contributed by atoms with van der Waals surface area (Å²) in [6.07, 6.45) is 0. The van der Waals surface area contributed by atoms with Gasteiger partial charge in [-0.1, -0.05) is 0 Å². The molecule has 1 heterocycles. The number of β-amino-alcohol motifs (C(OH)–C–C–N with tert-alkyl or cyclic N) is 1. The highest BCUT2D eigenvalue weighted by molar-refractivity contribution is 5.96. The lowest BCUT2D eigenvalue weighted by atomic mass is 9.95. The maximum absolute atomic E-state index is 12.1. The molecule has 18 heavy (non-hydrogen) atoms. The largest absolute Gasteiger partial charge is 0.386 e. The van der Waals surface area contributed by atoms with Gasteiger partial charge in [-0.25, -0.2) is 0 Å². The number of carbonyl (C=O) groups is 1. The topological polar surface area (TPSA) is 83.7 Å². The van der Waals surface area contributed by atoms with Gasteiger partial charge in [0.15, 0.2) is 0 Å². The third-order valence-electron chi connectivity index (χ3n) is 3.00. The number of rotatable bonds is 2. The minimum absolute atomic E-state index is 0.0281. The molecule has 1 N–H and O–H groups in total. The Balaban J connectivity index is 2.19. The molecule has 96 valence electrons. The molecule has 1 aliphatic rings. The van der Waals surface area contributed by atoms with Gasteiger partial charge in [0.1, 0.15) is 0 Å². The molecule has 0 unspecified atom stereocenters. The molecule has 1 aliphatic heterocycles. The zero-order chi connectivity index (χ0) is 13.5. The normalized spacial score (nSPS) is 17.2. The number of aryl methyl sites for hydroxylation is 1. The van der Waals surface area contributed by atoms with E-state index in [4.69, 9.17) is 0 Å². The van der Waals surface area contributed by atoms with Crippen LogP contribution < -0.4 is 0 Å². The van der Waals surface area contributed by atoms with Crippen molar-refractivity contribution in [1.29, 1.82) is 0 Å². The van der Waals surface area contributed by atoms with Crippen LogP contribution in [0.1, 0.15) is 22.8 Å². The highest BCUT2D eigenvalue weighted by Gasteiger charge is 2.39. The Labute approximate surface area is 104 Å². The van der Waals surface area contributed by atoms with E-state index in [1.54, 1.807) is 13.8 Å². The summed E-state index contributed by atoms with van der Waals surface area (Å²) in [5.74, 6) is -0.200. The quantitative estimate of drug-likeness (QED) is 0.629. The lowest BCUT2D eigenvalue weighted by molar-refractivity contribution is -0.384. The number of aliphatic hydroxyl groups is 1. The Kier molecular flexibility index (Phi) is 2.82. The molecule has 1 fully saturated rings. The van der Waals surface area contributed by atoms with Crippen LogP contribution in [0.15, 0.2) is 18.2 Å². The van der Waals surface area contributed by atoms with Crippen LogP contribution >= 0.6 is 0 Å². The molecule has 1 aromatic carbocycles. The smallest absolute Gasteiger partial charge is 0.269 e. The summed E-state index contributed by atoms with van der Waals surface area (Å²) in [6.45, 7) is 3.92. The number of likely N-dealkylation sites (tertiary alicyclic amines) is 1. The zero-order valence-corrected chi connectivity index (χ0v) is 10.2. The van der Waals surface area contributed by atoms with Crippen molar-refractivity contribution in [2.24, 2.45) is 0 Å². The fourth-order valence-electron chi connectivity index (χ4n) is 2.09. The summed E-state index contributed by atoms with van der Waals surface area (Å²) in [5.41, 5.74) is 0.168. The van der Waals surface area contributed by atoms with Crippen molar-refractivity contribution in [2.75, 3.05) is 13.1 Å². The molecule has 6 heteroatoms. The monoisotopic (exact) mass is 250 g/mol. The standard InChI is InChI=1S/C12H14N2O4/c1-8-5-9(14(17)18)3-4-10(8)11(15)13-6-12(2,16)7-13/h3-5,16H,6-7H2,1-2H3. The predicted octanol–water partition coefficient (Wildman–Crippen LogP) is 1.11. The third-order valence-corrected chi connectivity index (χ3v) is 3.00. The fraction of sp³-hybridized carbons (Fsp3) is 0.417. The summed E-state index contributed by atoms with van der Waals surface area (Å²) in [6, 6.07) is 4.16. The van der Waals surface area contributed by atoms with Gasteiger partial charge >= 0.3 is 0 Å². The number of hydrogen-bond donors (Lipinski definition) is 1. The van der Waals surface area contributed by atoms with Crippen molar-refractivity contribution in [3.8, 4) is 0 Å². The Morgan fingerprint density at radius 2 is 2.11 bits per heavy atom. The van der Waals surface area contributed by atoms with E-state index in [-0.39, 0.29) is 11.6 Å². The summed E-state index contributed by atoms with van der Waals surface area (Å²) in [5, 5.41) is 20.2. The van der Waals surface area contributed by atoms with Gasteiger partial charge in [-0.3, -0.25) is 14.9 Å². The summed E-state index contributed by atoms with van der Waals surface area (Å²) >= 11 is 0. The van der Waals surface area contributed by atoms with Gasteiger partial charge in [-0.05, 0) is 25.5 Å². The van der Waals surface area contributed by atoms with E-state index >= 15 is 0 Å². The van der Waals surface area contributed by atoms with Crippen molar-refractivity contribution in [2.45, 2.75) is 19.4 Å². The molecular weight excluding hydrogens is 236 g/mol. The first kappa shape index (κ1) is 12.5. The van der Waals surface area contributed by atoms with Gasteiger partial charge in [0, 0.05) is 17.7 Å². The first-order chi connectivity index (χ1) is 8.30. The Bertz CT molecular complexity index is 517. The maximum atomic E-state index is 12.1. The lowest BCUT2D eigenvalue weighted by Crippen LogP contribution is -2.61. The zero-order valence-electron chi connectivity index (χ0n) is 10.2. The lowest BCUT2D eigenvalue weighted by Gasteiger charge is -2.44. The van der Waals surface area contributed by atoms with Crippen LogP contribution in [0.4, 0.5) is 5.69 Å². The second kappa shape index (κ2) is 4.06. The second-order valence-electron chi connectivity index (χ2n) is 4.91. The minimum Gasteiger partial charge on any atom is -0.386 e. The van der Waals surface area contributed by atoms with Crippen LogP contribution in [0, 0.1) is 17.0 Å². The van der Waals surface area contributed by atoms with E-state index in [2.05, 4.69) is 0 Å². The van der Waals surface area contributed by atoms with Gasteiger partial charge in [-0.2, -0.15) is 0 Å². The molecule has 1 saturated heterocycles. The molecule has 0 radical (unpaired) electrons. The SMILES string of the molecule is Cc1cc([N+](=O)[O-])ccc1C(=O)N1CC(C)(O)C1. The van der Waals surface area contributed by atoms with Crippen LogP contribution in [-0.4, -0.2) is 39.5 Å². The van der Waals surface area contributed by atoms with Gasteiger partial charge in [0.05, 0.1) is 23.6 Å². The van der Waals surface area contributed by atoms with Crippen molar-refractivity contribution < 1.29 is 14.8 Å². The number of nitro groups is 1. The van der Waals surface area contributed by atoms with Crippen molar-refractivity contribution in [1.82, 2.24) is 4.90 Å². The van der Waals surface area contributed by atoms with E-state index in [9.17, 15) is 20.0 Å². The minimum atomic E-state index is -0.815. The molecule has 0 saturated carbocycles. The van der Waals surface area contributed by atoms with Gasteiger partial charge in [0.25, 0.3) is 11.6 Å². The van der Waals surface area contributed by atoms with Crippen LogP contribution in [0.3, 0.4) is 0 Å². The molecule has 0 atom stereocenters. The van der Waals surface area contributed by atoms with Crippen molar-refractivity contribution in [3.05, 3.63) is 39.4 Å². The number of amides is 1. The highest BCUT2D eigenvalue weighted by Crippen LogP contribution is 2.24. The highest BCUT2D eigenvalue weighted by atomic mass is 16.6. The van der Waals surface area contributed by atoms with Crippen LogP contribution in [-0.2, 0) is 0 Å². The number of nitrogens with zero attached hydrogens (tertiary/aromatic N) is 2. The Morgan fingerprint density at radius 1 is 1.50 bits per heavy atom. The van der Waals surface area contributed by atoms with E-state index < -0.39 is 10.5 Å². The molecule has 0 bridgehead atoms. The van der Waals surface area contributed by atoms with Crippen molar-refractivity contribution in [3.63, 3.8) is 0 Å². The molecule has 0 aromatic heterocycles. The third kappa shape index (κ3) is 2.19. The molecular formula is C12H14N2O4.